The zero-order chi connectivity index (χ0) is 47.8. The minimum atomic E-state index is -1.72. The van der Waals surface area contributed by atoms with Gasteiger partial charge in [0.25, 0.3) is 0 Å². The molecule has 1 heterocycles. The average molecular weight is 905 g/mol. The summed E-state index contributed by atoms with van der Waals surface area (Å²) in [5, 5.41) is 254. The summed E-state index contributed by atoms with van der Waals surface area (Å²) in [6, 6.07) is 0. The number of rotatable bonds is 2. The van der Waals surface area contributed by atoms with Crippen LogP contribution in [0.15, 0.2) is 4.42 Å². The number of fused-ring (bicyclic) bond motifs is 7. The summed E-state index contributed by atoms with van der Waals surface area (Å²) in [5.41, 5.74) is -7.61. The molecule has 0 aliphatic carbocycles. The molecular formula is C40H24O25. The van der Waals surface area contributed by atoms with E-state index in [1.165, 1.54) is 0 Å². The first-order valence-corrected chi connectivity index (χ1v) is 17.5. The molecule has 25 heteroatoms. The minimum Gasteiger partial charge on any atom is -0.506 e. The lowest BCUT2D eigenvalue weighted by Gasteiger charge is -2.24. The topological polar surface area (TPSA) is 499 Å². The Hall–Kier alpha value is -10.2. The largest absolute Gasteiger partial charge is 0.506 e. The molecular weight excluding hydrogens is 880 g/mol. The number of benzene rings is 8. The second kappa shape index (κ2) is 12.2. The van der Waals surface area contributed by atoms with Gasteiger partial charge in [-0.1, -0.05) is 0 Å². The van der Waals surface area contributed by atoms with Crippen LogP contribution in [-0.4, -0.2) is 123 Å². The van der Waals surface area contributed by atoms with Crippen molar-refractivity contribution in [2.45, 2.75) is 0 Å². The molecule has 0 amide bonds. The molecule has 1 aromatic heterocycles. The Morgan fingerprint density at radius 1 is 0.138 bits per heavy atom. The third-order valence-corrected chi connectivity index (χ3v) is 11.2. The Morgan fingerprint density at radius 3 is 0.769 bits per heavy atom. The molecule has 0 bridgehead atoms. The van der Waals surface area contributed by atoms with E-state index in [1.807, 2.05) is 0 Å². The number of aromatic hydroxyl groups is 24. The first-order chi connectivity index (χ1) is 30.3. The summed E-state index contributed by atoms with van der Waals surface area (Å²) < 4.78 is 5.55. The molecule has 334 valence electrons. The lowest BCUT2D eigenvalue weighted by molar-refractivity contribution is 0.347. The van der Waals surface area contributed by atoms with Crippen molar-refractivity contribution in [3.05, 3.63) is 0 Å². The fourth-order valence-corrected chi connectivity index (χ4v) is 8.32. The van der Waals surface area contributed by atoms with Crippen molar-refractivity contribution in [3.8, 4) is 160 Å². The van der Waals surface area contributed by atoms with E-state index in [1.54, 1.807) is 0 Å². The Balaban J connectivity index is 1.67. The third-order valence-electron chi connectivity index (χ3n) is 11.2. The van der Waals surface area contributed by atoms with Gasteiger partial charge in [-0.2, -0.15) is 0 Å². The van der Waals surface area contributed by atoms with Crippen LogP contribution < -0.4 is 0 Å². The molecule has 65 heavy (non-hydrogen) atoms. The van der Waals surface area contributed by atoms with E-state index in [2.05, 4.69) is 0 Å². The van der Waals surface area contributed by atoms with Gasteiger partial charge in [-0.05, 0) is 0 Å². The molecule has 24 N–H and O–H groups in total. The number of furan rings is 1. The van der Waals surface area contributed by atoms with E-state index in [4.69, 9.17) is 4.42 Å². The van der Waals surface area contributed by atoms with Gasteiger partial charge in [0, 0.05) is 43.6 Å². The molecule has 9 aromatic rings. The standard InChI is InChI=1S/C40H24O25/c41-15-9(22(48)23(49)12-10(15)24(50)33(59)35(61)26(12)52)2-5-3(17(43)29(55)31(57)19(5)45)1(4-6(2)20(46)32(58)30(56)18(4)44)7-8-14-16(42)11-13(27(53)36(62)34(60)25(11)51)28(54)40(14)65-39(8)38(64)37(63)21(7)47/h41-64H. The first kappa shape index (κ1) is 40.2. The monoisotopic (exact) mass is 904 g/mol. The van der Waals surface area contributed by atoms with Gasteiger partial charge in [-0.25, -0.2) is 0 Å². The molecule has 0 spiro atoms. The fourth-order valence-electron chi connectivity index (χ4n) is 8.32. The summed E-state index contributed by atoms with van der Waals surface area (Å²) in [6.45, 7) is 0. The quantitative estimate of drug-likeness (QED) is 0.0646. The Morgan fingerprint density at radius 2 is 0.385 bits per heavy atom. The normalized spacial score (nSPS) is 11.9. The maximum atomic E-state index is 11.8. The zero-order valence-corrected chi connectivity index (χ0v) is 31.1. The van der Waals surface area contributed by atoms with Crippen LogP contribution in [0.4, 0.5) is 0 Å². The van der Waals surface area contributed by atoms with Gasteiger partial charge in [-0.15, -0.1) is 0 Å². The number of phenolic OH excluding ortho intramolecular Hbond substituents is 24. The molecule has 25 nitrogen and oxygen atoms in total. The van der Waals surface area contributed by atoms with Gasteiger partial charge < -0.3 is 127 Å². The van der Waals surface area contributed by atoms with Crippen molar-refractivity contribution in [3.63, 3.8) is 0 Å². The Bertz CT molecular complexity index is 3730. The summed E-state index contributed by atoms with van der Waals surface area (Å²) in [5.74, 6) is -38.2. The Kier molecular flexibility index (Phi) is 7.56. The predicted octanol–water partition coefficient (Wildman–Crippen LogP) is 4.47. The van der Waals surface area contributed by atoms with Gasteiger partial charge in [-0.3, -0.25) is 0 Å². The average Bonchev–Trinajstić information content (AvgIpc) is 3.68. The van der Waals surface area contributed by atoms with Crippen molar-refractivity contribution in [1.29, 1.82) is 0 Å². The summed E-state index contributed by atoms with van der Waals surface area (Å²) in [7, 11) is 0. The highest BCUT2D eigenvalue weighted by atomic mass is 16.4. The van der Waals surface area contributed by atoms with E-state index in [0.29, 0.717) is 0 Å². The molecule has 0 radical (unpaired) electrons. The minimum absolute atomic E-state index is 1.04. The number of phenols is 24. The van der Waals surface area contributed by atoms with E-state index in [-0.39, 0.29) is 0 Å². The van der Waals surface area contributed by atoms with Crippen molar-refractivity contribution < 1.29 is 127 Å². The van der Waals surface area contributed by atoms with Gasteiger partial charge in [0.1, 0.15) is 11.5 Å². The molecule has 0 fully saturated rings. The second-order valence-electron chi connectivity index (χ2n) is 14.4. The summed E-state index contributed by atoms with van der Waals surface area (Å²) >= 11 is 0. The lowest BCUT2D eigenvalue weighted by atomic mass is 9.81. The first-order valence-electron chi connectivity index (χ1n) is 17.5. The van der Waals surface area contributed by atoms with Crippen LogP contribution in [0, 0.1) is 0 Å². The smallest absolute Gasteiger partial charge is 0.205 e. The fraction of sp³-hybridized carbons (Fsp3) is 0. The van der Waals surface area contributed by atoms with E-state index in [0.717, 1.165) is 0 Å². The highest BCUT2D eigenvalue weighted by Crippen LogP contribution is 2.69. The van der Waals surface area contributed by atoms with Crippen molar-refractivity contribution >= 4 is 65.0 Å². The van der Waals surface area contributed by atoms with Crippen LogP contribution in [0.3, 0.4) is 0 Å². The zero-order valence-electron chi connectivity index (χ0n) is 31.1. The maximum Gasteiger partial charge on any atom is 0.205 e. The highest BCUT2D eigenvalue weighted by molar-refractivity contribution is 6.35. The second-order valence-corrected chi connectivity index (χ2v) is 14.4. The molecule has 0 atom stereocenters. The number of hydrogen-bond acceptors (Lipinski definition) is 25. The molecule has 9 rings (SSSR count). The predicted molar refractivity (Wildman–Crippen MR) is 215 cm³/mol. The molecule has 0 aliphatic rings. The SMILES string of the molecule is Oc1c(O)c(-c2c3c(O)c(O)c(O)c(O)c3c(-c3c(O)c(O)c4c(O)c(O)c(O)c(O)c4c3O)c3c(O)c(O)c(O)c(O)c23)c2c(oc3c(O)c4c(O)c(O)c(O)c(O)c4c(O)c32)c1O. The third kappa shape index (κ3) is 4.37. The summed E-state index contributed by atoms with van der Waals surface area (Å²) in [6.07, 6.45) is 0. The molecule has 8 aromatic carbocycles. The molecule has 0 saturated carbocycles. The van der Waals surface area contributed by atoms with Crippen LogP contribution in [0.25, 0.3) is 87.3 Å². The maximum absolute atomic E-state index is 11.8. The van der Waals surface area contributed by atoms with Gasteiger partial charge in [0.15, 0.2) is 80.2 Å². The van der Waals surface area contributed by atoms with Gasteiger partial charge >= 0.3 is 0 Å². The van der Waals surface area contributed by atoms with E-state index < -0.39 is 225 Å². The van der Waals surface area contributed by atoms with Crippen LogP contribution >= 0.6 is 0 Å². The van der Waals surface area contributed by atoms with Crippen LogP contribution in [0.1, 0.15) is 0 Å². The Labute approximate surface area is 351 Å². The van der Waals surface area contributed by atoms with E-state index >= 15 is 0 Å². The van der Waals surface area contributed by atoms with Crippen molar-refractivity contribution in [1.82, 2.24) is 0 Å². The molecule has 0 unspecified atom stereocenters. The van der Waals surface area contributed by atoms with Crippen molar-refractivity contribution in [2.24, 2.45) is 0 Å². The summed E-state index contributed by atoms with van der Waals surface area (Å²) in [4.78, 5) is 0. The lowest BCUT2D eigenvalue weighted by Crippen LogP contribution is -1.97. The van der Waals surface area contributed by atoms with Crippen LogP contribution in [-0.2, 0) is 0 Å². The van der Waals surface area contributed by atoms with E-state index in [9.17, 15) is 123 Å². The highest BCUT2D eigenvalue weighted by Gasteiger charge is 2.40. The number of hydrogen-bond donors (Lipinski definition) is 24. The van der Waals surface area contributed by atoms with Crippen molar-refractivity contribution in [2.75, 3.05) is 0 Å². The molecule has 0 saturated heterocycles. The molecule has 0 aliphatic heterocycles. The van der Waals surface area contributed by atoms with Crippen LogP contribution in [0.5, 0.6) is 138 Å². The van der Waals surface area contributed by atoms with Crippen LogP contribution in [0.2, 0.25) is 0 Å². The van der Waals surface area contributed by atoms with Gasteiger partial charge in [0.05, 0.1) is 32.5 Å². The van der Waals surface area contributed by atoms with Gasteiger partial charge in [0.2, 0.25) is 57.5 Å².